The molecule has 1 saturated heterocycles. The van der Waals surface area contributed by atoms with Crippen LogP contribution in [0.25, 0.3) is 0 Å². The monoisotopic (exact) mass is 379 g/mol. The Kier molecular flexibility index (Phi) is 4.52. The third kappa shape index (κ3) is 3.26. The molecule has 1 atom stereocenters. The van der Waals surface area contributed by atoms with Crippen LogP contribution in [0.5, 0.6) is 0 Å². The van der Waals surface area contributed by atoms with Crippen molar-refractivity contribution in [3.63, 3.8) is 0 Å². The predicted octanol–water partition coefficient (Wildman–Crippen LogP) is 4.94. The van der Waals surface area contributed by atoms with Crippen LogP contribution in [0.2, 0.25) is 0 Å². The number of thiocarbonyl (C=S) groups is 1. The van der Waals surface area contributed by atoms with Crippen LogP contribution in [0, 0.1) is 6.92 Å². The van der Waals surface area contributed by atoms with Crippen molar-refractivity contribution in [1.82, 2.24) is 0 Å². The fourth-order valence-electron chi connectivity index (χ4n) is 4.22. The van der Waals surface area contributed by atoms with E-state index in [1.165, 1.54) is 5.56 Å². The highest BCUT2D eigenvalue weighted by molar-refractivity contribution is 7.80. The third-order valence-corrected chi connectivity index (χ3v) is 5.66. The number of hydrogen-bond acceptors (Lipinski definition) is 3. The molecule has 1 N–H and O–H groups in total. The second-order valence-corrected chi connectivity index (χ2v) is 8.29. The summed E-state index contributed by atoms with van der Waals surface area (Å²) in [6.07, 6.45) is 1.65. The van der Waals surface area contributed by atoms with E-state index in [0.717, 1.165) is 30.1 Å². The summed E-state index contributed by atoms with van der Waals surface area (Å²) >= 11 is 5.76. The highest BCUT2D eigenvalue weighted by Crippen LogP contribution is 2.44. The molecule has 27 heavy (non-hydrogen) atoms. The van der Waals surface area contributed by atoms with Crippen molar-refractivity contribution in [2.45, 2.75) is 44.8 Å². The summed E-state index contributed by atoms with van der Waals surface area (Å²) in [5, 5.41) is 4.17. The zero-order valence-corrected chi connectivity index (χ0v) is 16.8. The number of anilines is 2. The number of aliphatic imine (C=N–C) groups is 1. The average molecular weight is 380 g/mol. The molecule has 1 fully saturated rings. The quantitative estimate of drug-likeness (QED) is 0.750. The lowest BCUT2D eigenvalue weighted by molar-refractivity contribution is -0.0661. The van der Waals surface area contributed by atoms with Gasteiger partial charge in [0.05, 0.1) is 5.60 Å². The lowest BCUT2D eigenvalue weighted by Crippen LogP contribution is -2.61. The first kappa shape index (κ1) is 18.1. The molecule has 1 spiro atoms. The molecule has 0 saturated carbocycles. The molecule has 2 aromatic carbocycles. The van der Waals surface area contributed by atoms with Gasteiger partial charge in [0.25, 0.3) is 0 Å². The van der Waals surface area contributed by atoms with Gasteiger partial charge in [0.2, 0.25) is 5.11 Å². The molecular formula is C22H25N3OS. The Hall–Kier alpha value is -2.24. The largest absolute Gasteiger partial charge is 0.375 e. The Morgan fingerprint density at radius 1 is 1.07 bits per heavy atom. The predicted molar refractivity (Wildman–Crippen MR) is 116 cm³/mol. The number of hydrogen-bond donors (Lipinski definition) is 1. The molecule has 0 bridgehead atoms. The number of benzene rings is 2. The van der Waals surface area contributed by atoms with Crippen molar-refractivity contribution in [3.05, 3.63) is 60.2 Å². The summed E-state index contributed by atoms with van der Waals surface area (Å²) < 4.78 is 6.05. The van der Waals surface area contributed by atoms with Gasteiger partial charge in [-0.25, -0.2) is 4.99 Å². The number of aryl methyl sites for hydroxylation is 1. The topological polar surface area (TPSA) is 36.9 Å². The van der Waals surface area contributed by atoms with Crippen LogP contribution in [0.4, 0.5) is 11.4 Å². The average Bonchev–Trinajstić information content (AvgIpc) is 2.86. The zero-order chi connectivity index (χ0) is 19.1. The Morgan fingerprint density at radius 3 is 2.48 bits per heavy atom. The number of rotatable bonds is 2. The fraction of sp³-hybridized carbons (Fsp3) is 0.364. The van der Waals surface area contributed by atoms with Crippen LogP contribution in [-0.4, -0.2) is 28.7 Å². The van der Waals surface area contributed by atoms with Gasteiger partial charge in [-0.1, -0.05) is 36.4 Å². The van der Waals surface area contributed by atoms with E-state index in [4.69, 9.17) is 21.9 Å². The maximum absolute atomic E-state index is 6.05. The van der Waals surface area contributed by atoms with Crippen LogP contribution >= 0.6 is 12.2 Å². The number of amidine groups is 1. The zero-order valence-electron chi connectivity index (χ0n) is 16.0. The first-order valence-corrected chi connectivity index (χ1v) is 9.77. The van der Waals surface area contributed by atoms with E-state index in [-0.39, 0.29) is 11.1 Å². The fourth-order valence-corrected chi connectivity index (χ4v) is 4.59. The van der Waals surface area contributed by atoms with Crippen LogP contribution in [0.3, 0.4) is 0 Å². The molecule has 4 rings (SSSR count). The van der Waals surface area contributed by atoms with Gasteiger partial charge in [-0.3, -0.25) is 0 Å². The Labute approximate surface area is 166 Å². The molecular weight excluding hydrogens is 354 g/mol. The molecule has 140 valence electrons. The molecule has 0 aliphatic carbocycles. The van der Waals surface area contributed by atoms with Crippen molar-refractivity contribution in [1.29, 1.82) is 0 Å². The van der Waals surface area contributed by atoms with Crippen molar-refractivity contribution in [3.8, 4) is 0 Å². The van der Waals surface area contributed by atoms with Crippen LogP contribution in [-0.2, 0) is 4.74 Å². The first-order valence-electron chi connectivity index (χ1n) is 9.36. The molecule has 1 unspecified atom stereocenters. The summed E-state index contributed by atoms with van der Waals surface area (Å²) in [6.45, 7) is 7.09. The number of ether oxygens (including phenoxy) is 1. The summed E-state index contributed by atoms with van der Waals surface area (Å²) in [4.78, 5) is 7.08. The Bertz CT molecular complexity index is 893. The van der Waals surface area contributed by atoms with Gasteiger partial charge >= 0.3 is 0 Å². The number of nitrogens with one attached hydrogen (secondary N) is 1. The van der Waals surface area contributed by atoms with Crippen molar-refractivity contribution in [2.75, 3.05) is 16.8 Å². The van der Waals surface area contributed by atoms with Gasteiger partial charge in [-0.15, -0.1) is 0 Å². The molecule has 2 aliphatic heterocycles. The summed E-state index contributed by atoms with van der Waals surface area (Å²) in [5.41, 5.74) is 2.75. The van der Waals surface area contributed by atoms with Crippen molar-refractivity contribution < 1.29 is 4.74 Å². The molecule has 2 aliphatic rings. The standard InChI is InChI=1S/C22H25N3OS/c1-16-9-7-8-12-18(16)25-20(27)24-19(23-17-10-5-4-6-11-17)22(25)13-14-26-21(2,3)15-22/h4-12H,13-15H2,1-3H3,(H,23,24,27). The minimum atomic E-state index is -0.333. The second kappa shape index (κ2) is 6.73. The maximum Gasteiger partial charge on any atom is 0.202 e. The Balaban J connectivity index is 1.81. The minimum Gasteiger partial charge on any atom is -0.375 e. The maximum atomic E-state index is 6.05. The van der Waals surface area contributed by atoms with Crippen LogP contribution in [0.1, 0.15) is 32.3 Å². The smallest absolute Gasteiger partial charge is 0.202 e. The van der Waals surface area contributed by atoms with E-state index in [2.05, 4.69) is 67.4 Å². The van der Waals surface area contributed by atoms with Gasteiger partial charge in [0.15, 0.2) is 0 Å². The molecule has 5 heteroatoms. The Morgan fingerprint density at radius 2 is 1.78 bits per heavy atom. The van der Waals surface area contributed by atoms with Gasteiger partial charge in [0.1, 0.15) is 11.4 Å². The van der Waals surface area contributed by atoms with Crippen molar-refractivity contribution >= 4 is 34.5 Å². The van der Waals surface area contributed by atoms with Gasteiger partial charge in [-0.05, 0) is 56.8 Å². The van der Waals surface area contributed by atoms with Crippen LogP contribution < -0.4 is 10.2 Å². The molecule has 2 heterocycles. The molecule has 0 aromatic heterocycles. The second-order valence-electron chi connectivity index (χ2n) is 7.92. The molecule has 2 aromatic rings. The third-order valence-electron chi connectivity index (χ3n) is 5.39. The van der Waals surface area contributed by atoms with E-state index >= 15 is 0 Å². The van der Waals surface area contributed by atoms with Crippen LogP contribution in [0.15, 0.2) is 59.6 Å². The highest BCUT2D eigenvalue weighted by Gasteiger charge is 2.54. The van der Waals surface area contributed by atoms with Crippen molar-refractivity contribution in [2.24, 2.45) is 4.99 Å². The lowest BCUT2D eigenvalue weighted by Gasteiger charge is -2.48. The molecule has 0 amide bonds. The normalized spacial score (nSPS) is 24.2. The van der Waals surface area contributed by atoms with E-state index in [1.54, 1.807) is 0 Å². The van der Waals surface area contributed by atoms with E-state index in [0.29, 0.717) is 11.7 Å². The highest BCUT2D eigenvalue weighted by atomic mass is 32.1. The van der Waals surface area contributed by atoms with E-state index in [9.17, 15) is 0 Å². The summed E-state index contributed by atoms with van der Waals surface area (Å²) in [7, 11) is 0. The van der Waals surface area contributed by atoms with E-state index < -0.39 is 0 Å². The number of para-hydroxylation sites is 2. The molecule has 0 radical (unpaired) electrons. The lowest BCUT2D eigenvalue weighted by atomic mass is 9.79. The summed E-state index contributed by atoms with van der Waals surface area (Å²) in [5.74, 6) is 0.915. The van der Waals surface area contributed by atoms with Gasteiger partial charge in [0, 0.05) is 30.8 Å². The van der Waals surface area contributed by atoms with E-state index in [1.807, 2.05) is 18.2 Å². The first-order chi connectivity index (χ1) is 12.9. The van der Waals surface area contributed by atoms with Gasteiger partial charge in [-0.2, -0.15) is 0 Å². The minimum absolute atomic E-state index is 0.252. The van der Waals surface area contributed by atoms with Gasteiger partial charge < -0.3 is 15.0 Å². The summed E-state index contributed by atoms with van der Waals surface area (Å²) in [6, 6.07) is 18.5. The molecule has 4 nitrogen and oxygen atoms in total. The number of nitrogens with zero attached hydrogens (tertiary/aromatic N) is 2. The SMILES string of the molecule is Cc1ccccc1N1C(=S)N=C(Nc2ccccc2)C12CCOC(C)(C)C2.